The minimum Gasteiger partial charge on any atom is -0.355 e. The third kappa shape index (κ3) is 5.68. The Morgan fingerprint density at radius 2 is 2.04 bits per heavy atom. The predicted molar refractivity (Wildman–Crippen MR) is 111 cm³/mol. The van der Waals surface area contributed by atoms with Crippen molar-refractivity contribution in [2.75, 3.05) is 29.5 Å². The molecule has 0 spiro atoms. The summed E-state index contributed by atoms with van der Waals surface area (Å²) in [5.74, 6) is 1.84. The molecule has 1 N–H and O–H groups in total. The second-order valence-corrected chi connectivity index (χ2v) is 9.43. The van der Waals surface area contributed by atoms with E-state index in [0.717, 1.165) is 33.8 Å². The molecule has 0 bridgehead atoms. The molecule has 26 heavy (non-hydrogen) atoms. The smallest absolute Gasteiger partial charge is 0.240 e. The Bertz CT molecular complexity index is 618. The van der Waals surface area contributed by atoms with Crippen LogP contribution in [0, 0.1) is 0 Å². The topological polar surface area (TPSA) is 49.4 Å². The quantitative estimate of drug-likeness (QED) is 0.710. The van der Waals surface area contributed by atoms with Crippen molar-refractivity contribution in [1.82, 2.24) is 5.32 Å². The van der Waals surface area contributed by atoms with Crippen LogP contribution in [0.2, 0.25) is 0 Å². The highest BCUT2D eigenvalue weighted by atomic mass is 32.2. The maximum Gasteiger partial charge on any atom is 0.240 e. The van der Waals surface area contributed by atoms with Gasteiger partial charge in [0, 0.05) is 28.9 Å². The number of hydrogen-bond donors (Lipinski definition) is 1. The van der Waals surface area contributed by atoms with Crippen molar-refractivity contribution in [1.29, 1.82) is 0 Å². The van der Waals surface area contributed by atoms with Crippen molar-refractivity contribution in [2.45, 2.75) is 55.1 Å². The van der Waals surface area contributed by atoms with Crippen LogP contribution in [-0.2, 0) is 9.59 Å². The van der Waals surface area contributed by atoms with Gasteiger partial charge in [0.2, 0.25) is 11.8 Å². The van der Waals surface area contributed by atoms with Crippen molar-refractivity contribution in [2.24, 2.45) is 0 Å². The van der Waals surface area contributed by atoms with E-state index in [0.29, 0.717) is 13.0 Å². The lowest BCUT2D eigenvalue weighted by atomic mass is 10.0. The first-order valence-corrected chi connectivity index (χ1v) is 11.7. The highest BCUT2D eigenvalue weighted by Gasteiger charge is 2.24. The van der Waals surface area contributed by atoms with Crippen LogP contribution in [0.1, 0.15) is 44.9 Å². The second-order valence-electron chi connectivity index (χ2n) is 6.88. The molecule has 6 heteroatoms. The minimum atomic E-state index is -0.0669. The monoisotopic (exact) mass is 392 g/mol. The fourth-order valence-electron chi connectivity index (χ4n) is 3.47. The van der Waals surface area contributed by atoms with E-state index >= 15 is 0 Å². The van der Waals surface area contributed by atoms with E-state index in [1.807, 2.05) is 24.3 Å². The Balaban J connectivity index is 1.41. The van der Waals surface area contributed by atoms with E-state index in [9.17, 15) is 9.59 Å². The molecule has 1 fully saturated rings. The number of nitrogens with one attached hydrogen (secondary N) is 1. The van der Waals surface area contributed by atoms with Gasteiger partial charge in [-0.2, -0.15) is 11.8 Å². The fourth-order valence-corrected chi connectivity index (χ4v) is 5.78. The number of hydrogen-bond acceptors (Lipinski definition) is 4. The molecular weight excluding hydrogens is 364 g/mol. The average Bonchev–Trinajstić information content (AvgIpc) is 2.82. The molecule has 1 aromatic carbocycles. The van der Waals surface area contributed by atoms with Gasteiger partial charge in [-0.15, -0.1) is 11.8 Å². The van der Waals surface area contributed by atoms with Gasteiger partial charge in [0.05, 0.1) is 5.69 Å². The summed E-state index contributed by atoms with van der Waals surface area (Å²) in [7, 11) is 0. The van der Waals surface area contributed by atoms with Gasteiger partial charge in [-0.05, 0) is 37.1 Å². The SMILES string of the molecule is O=C(CN1C(=O)CCSc2ccccc21)NCCCSC1CCCCC1. The molecular formula is C20H28N2O2S2. The number of fused-ring (bicyclic) bond motifs is 1. The maximum absolute atomic E-state index is 12.4. The summed E-state index contributed by atoms with van der Waals surface area (Å²) >= 11 is 3.75. The second kappa shape index (κ2) is 10.3. The lowest BCUT2D eigenvalue weighted by molar-refractivity contribution is -0.123. The molecule has 142 valence electrons. The first-order valence-electron chi connectivity index (χ1n) is 9.64. The number of carbonyl (C=O) groups is 2. The van der Waals surface area contributed by atoms with Gasteiger partial charge in [0.25, 0.3) is 0 Å². The Morgan fingerprint density at radius 1 is 1.23 bits per heavy atom. The Kier molecular flexibility index (Phi) is 7.74. The van der Waals surface area contributed by atoms with Crippen molar-refractivity contribution in [3.8, 4) is 0 Å². The largest absolute Gasteiger partial charge is 0.355 e. The van der Waals surface area contributed by atoms with Crippen LogP contribution in [0.25, 0.3) is 0 Å². The van der Waals surface area contributed by atoms with Gasteiger partial charge in [0.15, 0.2) is 0 Å². The normalized spacial score (nSPS) is 18.3. The molecule has 1 aliphatic heterocycles. The highest BCUT2D eigenvalue weighted by molar-refractivity contribution is 8.00. The van der Waals surface area contributed by atoms with Crippen LogP contribution in [-0.4, -0.2) is 41.7 Å². The first kappa shape index (κ1) is 19.6. The lowest BCUT2D eigenvalue weighted by Crippen LogP contribution is -2.41. The van der Waals surface area contributed by atoms with E-state index < -0.39 is 0 Å². The van der Waals surface area contributed by atoms with Gasteiger partial charge in [-0.1, -0.05) is 31.4 Å². The highest BCUT2D eigenvalue weighted by Crippen LogP contribution is 2.33. The number of benzene rings is 1. The molecule has 1 aromatic rings. The number of thioether (sulfide) groups is 2. The molecule has 0 atom stereocenters. The van der Waals surface area contributed by atoms with E-state index in [-0.39, 0.29) is 18.4 Å². The Morgan fingerprint density at radius 3 is 2.88 bits per heavy atom. The molecule has 4 nitrogen and oxygen atoms in total. The number of rotatable bonds is 7. The fraction of sp³-hybridized carbons (Fsp3) is 0.600. The molecule has 1 heterocycles. The summed E-state index contributed by atoms with van der Waals surface area (Å²) in [6.07, 6.45) is 8.31. The standard InChI is InChI=1S/C20H28N2O2S2/c23-19(21-12-6-13-25-16-7-2-1-3-8-16)15-22-17-9-4-5-10-18(17)26-14-11-20(22)24/h4-5,9-10,16H,1-3,6-8,11-15H2,(H,21,23). The van der Waals surface area contributed by atoms with Crippen LogP contribution >= 0.6 is 23.5 Å². The molecule has 0 saturated heterocycles. The van der Waals surface area contributed by atoms with Crippen LogP contribution in [0.5, 0.6) is 0 Å². The number of carbonyl (C=O) groups excluding carboxylic acids is 2. The molecule has 2 amide bonds. The summed E-state index contributed by atoms with van der Waals surface area (Å²) in [5, 5.41) is 3.81. The first-order chi connectivity index (χ1) is 12.7. The Hall–Kier alpha value is -1.14. The van der Waals surface area contributed by atoms with Crippen LogP contribution in [0.15, 0.2) is 29.2 Å². The van der Waals surface area contributed by atoms with E-state index in [1.165, 1.54) is 32.1 Å². The molecule has 0 aromatic heterocycles. The zero-order valence-electron chi connectivity index (χ0n) is 15.2. The summed E-state index contributed by atoms with van der Waals surface area (Å²) in [4.78, 5) is 27.4. The number of anilines is 1. The molecule has 2 aliphatic rings. The summed E-state index contributed by atoms with van der Waals surface area (Å²) in [5.41, 5.74) is 0.864. The van der Waals surface area contributed by atoms with E-state index in [2.05, 4.69) is 17.1 Å². The van der Waals surface area contributed by atoms with E-state index in [4.69, 9.17) is 0 Å². The zero-order valence-corrected chi connectivity index (χ0v) is 16.9. The molecule has 3 rings (SSSR count). The predicted octanol–water partition coefficient (Wildman–Crippen LogP) is 4.09. The van der Waals surface area contributed by atoms with Gasteiger partial charge in [-0.3, -0.25) is 9.59 Å². The lowest BCUT2D eigenvalue weighted by Gasteiger charge is -2.22. The van der Waals surface area contributed by atoms with E-state index in [1.54, 1.807) is 16.7 Å². The van der Waals surface area contributed by atoms with Crippen molar-refractivity contribution >= 4 is 41.0 Å². The third-order valence-corrected chi connectivity index (χ3v) is 7.41. The van der Waals surface area contributed by atoms with Crippen LogP contribution in [0.3, 0.4) is 0 Å². The number of nitrogens with zero attached hydrogens (tertiary/aromatic N) is 1. The van der Waals surface area contributed by atoms with Gasteiger partial charge in [0.1, 0.15) is 6.54 Å². The molecule has 0 unspecified atom stereocenters. The van der Waals surface area contributed by atoms with Gasteiger partial charge < -0.3 is 10.2 Å². The van der Waals surface area contributed by atoms with Crippen molar-refractivity contribution in [3.05, 3.63) is 24.3 Å². The molecule has 0 radical (unpaired) electrons. The minimum absolute atomic E-state index is 0.0328. The van der Waals surface area contributed by atoms with Gasteiger partial charge >= 0.3 is 0 Å². The van der Waals surface area contributed by atoms with Crippen molar-refractivity contribution < 1.29 is 9.59 Å². The summed E-state index contributed by atoms with van der Waals surface area (Å²) in [6, 6.07) is 7.85. The molecule has 1 aliphatic carbocycles. The number of amides is 2. The third-order valence-electron chi connectivity index (χ3n) is 4.88. The zero-order chi connectivity index (χ0) is 18.2. The van der Waals surface area contributed by atoms with Gasteiger partial charge in [-0.25, -0.2) is 0 Å². The summed E-state index contributed by atoms with van der Waals surface area (Å²) in [6.45, 7) is 0.809. The number of para-hydroxylation sites is 1. The van der Waals surface area contributed by atoms with Crippen LogP contribution < -0.4 is 10.2 Å². The average molecular weight is 393 g/mol. The van der Waals surface area contributed by atoms with Crippen LogP contribution in [0.4, 0.5) is 5.69 Å². The maximum atomic E-state index is 12.4. The summed E-state index contributed by atoms with van der Waals surface area (Å²) < 4.78 is 0. The van der Waals surface area contributed by atoms with Crippen molar-refractivity contribution in [3.63, 3.8) is 0 Å². The Labute approximate surface area is 164 Å². The molecule has 1 saturated carbocycles.